The Balaban J connectivity index is 1.92. The smallest absolute Gasteiger partial charge is 0.267 e. The minimum atomic E-state index is -3.90. The molecule has 0 saturated heterocycles. The van der Waals surface area contributed by atoms with E-state index in [1.165, 1.54) is 24.4 Å². The third kappa shape index (κ3) is 3.51. The maximum absolute atomic E-state index is 12.6. The quantitative estimate of drug-likeness (QED) is 0.725. The van der Waals surface area contributed by atoms with E-state index in [1.54, 1.807) is 30.3 Å². The number of aromatic nitrogens is 1. The lowest BCUT2D eigenvalue weighted by Crippen LogP contribution is -2.14. The number of aryl methyl sites for hydroxylation is 2. The van der Waals surface area contributed by atoms with Crippen LogP contribution >= 0.6 is 0 Å². The number of benzene rings is 2. The summed E-state index contributed by atoms with van der Waals surface area (Å²) in [6, 6.07) is 14.3. The fourth-order valence-corrected chi connectivity index (χ4v) is 4.73. The maximum Gasteiger partial charge on any atom is 0.267 e. The van der Waals surface area contributed by atoms with Crippen molar-refractivity contribution in [2.75, 3.05) is 4.72 Å². The zero-order valence-corrected chi connectivity index (χ0v) is 15.9. The molecule has 0 atom stereocenters. The van der Waals surface area contributed by atoms with E-state index in [4.69, 9.17) is 0 Å². The van der Waals surface area contributed by atoms with Gasteiger partial charge in [0, 0.05) is 18.1 Å². The van der Waals surface area contributed by atoms with Gasteiger partial charge in [0.2, 0.25) is 0 Å². The summed E-state index contributed by atoms with van der Waals surface area (Å²) in [5, 5.41) is 0. The Labute approximate surface area is 153 Å². The van der Waals surface area contributed by atoms with E-state index in [9.17, 15) is 16.8 Å². The summed E-state index contributed by atoms with van der Waals surface area (Å²) in [5.41, 5.74) is 2.43. The molecule has 0 fully saturated rings. The van der Waals surface area contributed by atoms with Crippen molar-refractivity contribution in [2.24, 2.45) is 0 Å². The van der Waals surface area contributed by atoms with E-state index in [1.807, 2.05) is 19.9 Å². The van der Waals surface area contributed by atoms with Gasteiger partial charge < -0.3 is 0 Å². The molecular weight excluding hydrogens is 372 g/mol. The molecular formula is C18H18N2O4S2. The summed E-state index contributed by atoms with van der Waals surface area (Å²) in [6.07, 6.45) is 2.31. The molecule has 1 heterocycles. The maximum atomic E-state index is 12.6. The standard InChI is InChI=1S/C18H18N2O4S2/c1-14-8-9-16(12-15(14)2)19-25(21,22)18-10-11-20(13-18)26(23,24)17-6-4-3-5-7-17/h3-13,19H,1-2H3. The van der Waals surface area contributed by atoms with Crippen LogP contribution in [0.15, 0.2) is 76.8 Å². The second-order valence-corrected chi connectivity index (χ2v) is 9.43. The number of rotatable bonds is 5. The van der Waals surface area contributed by atoms with Crippen LogP contribution in [0, 0.1) is 13.8 Å². The van der Waals surface area contributed by atoms with Gasteiger partial charge in [-0.3, -0.25) is 4.72 Å². The predicted octanol–water partition coefficient (Wildman–Crippen LogP) is 3.14. The second kappa shape index (κ2) is 6.62. The largest absolute Gasteiger partial charge is 0.280 e. The van der Waals surface area contributed by atoms with Crippen LogP contribution in [0.3, 0.4) is 0 Å². The number of nitrogens with zero attached hydrogens (tertiary/aromatic N) is 1. The van der Waals surface area contributed by atoms with Gasteiger partial charge in [-0.05, 0) is 55.3 Å². The van der Waals surface area contributed by atoms with Crippen LogP contribution in [-0.4, -0.2) is 20.8 Å². The first-order valence-corrected chi connectivity index (χ1v) is 10.7. The van der Waals surface area contributed by atoms with Gasteiger partial charge in [-0.2, -0.15) is 0 Å². The molecule has 0 aliphatic heterocycles. The Morgan fingerprint density at radius 2 is 1.50 bits per heavy atom. The molecule has 1 aromatic heterocycles. The SMILES string of the molecule is Cc1ccc(NS(=O)(=O)c2ccn(S(=O)(=O)c3ccccc3)c2)cc1C. The van der Waals surface area contributed by atoms with Crippen molar-refractivity contribution < 1.29 is 16.8 Å². The van der Waals surface area contributed by atoms with Crippen LogP contribution in [0.5, 0.6) is 0 Å². The molecule has 0 radical (unpaired) electrons. The van der Waals surface area contributed by atoms with Gasteiger partial charge in [-0.15, -0.1) is 0 Å². The molecule has 136 valence electrons. The van der Waals surface area contributed by atoms with Gasteiger partial charge in [-0.25, -0.2) is 20.8 Å². The van der Waals surface area contributed by atoms with Crippen molar-refractivity contribution in [1.82, 2.24) is 3.97 Å². The molecule has 2 aromatic carbocycles. The zero-order valence-electron chi connectivity index (χ0n) is 14.2. The zero-order chi connectivity index (χ0) is 18.9. The van der Waals surface area contributed by atoms with E-state index >= 15 is 0 Å². The van der Waals surface area contributed by atoms with Crippen LogP contribution in [-0.2, 0) is 20.0 Å². The van der Waals surface area contributed by atoms with Gasteiger partial charge in [0.25, 0.3) is 20.0 Å². The Kier molecular flexibility index (Phi) is 4.64. The molecule has 0 spiro atoms. The van der Waals surface area contributed by atoms with Crippen molar-refractivity contribution >= 4 is 25.7 Å². The van der Waals surface area contributed by atoms with Crippen LogP contribution in [0.4, 0.5) is 5.69 Å². The van der Waals surface area contributed by atoms with Crippen molar-refractivity contribution in [1.29, 1.82) is 0 Å². The van der Waals surface area contributed by atoms with Crippen LogP contribution in [0.2, 0.25) is 0 Å². The molecule has 0 saturated carbocycles. The van der Waals surface area contributed by atoms with Crippen LogP contribution in [0.1, 0.15) is 11.1 Å². The molecule has 3 rings (SSSR count). The molecule has 6 nitrogen and oxygen atoms in total. The second-order valence-electron chi connectivity index (χ2n) is 5.90. The molecule has 8 heteroatoms. The molecule has 26 heavy (non-hydrogen) atoms. The fourth-order valence-electron chi connectivity index (χ4n) is 2.40. The van der Waals surface area contributed by atoms with Gasteiger partial charge in [-0.1, -0.05) is 24.3 Å². The summed E-state index contributed by atoms with van der Waals surface area (Å²) in [6.45, 7) is 3.82. The van der Waals surface area contributed by atoms with E-state index in [0.717, 1.165) is 21.3 Å². The van der Waals surface area contributed by atoms with E-state index in [-0.39, 0.29) is 9.79 Å². The highest BCUT2D eigenvalue weighted by molar-refractivity contribution is 7.93. The van der Waals surface area contributed by atoms with Gasteiger partial charge in [0.15, 0.2) is 0 Å². The van der Waals surface area contributed by atoms with Crippen LogP contribution in [0.25, 0.3) is 0 Å². The van der Waals surface area contributed by atoms with E-state index in [0.29, 0.717) is 5.69 Å². The number of hydrogen-bond acceptors (Lipinski definition) is 4. The summed E-state index contributed by atoms with van der Waals surface area (Å²) >= 11 is 0. The fraction of sp³-hybridized carbons (Fsp3) is 0.111. The number of sulfonamides is 1. The van der Waals surface area contributed by atoms with Crippen molar-refractivity contribution in [2.45, 2.75) is 23.6 Å². The van der Waals surface area contributed by atoms with Crippen molar-refractivity contribution in [3.63, 3.8) is 0 Å². The van der Waals surface area contributed by atoms with Crippen molar-refractivity contribution in [3.05, 3.63) is 78.1 Å². The molecule has 0 unspecified atom stereocenters. The summed E-state index contributed by atoms with van der Waals surface area (Å²) in [4.78, 5) is -0.0445. The van der Waals surface area contributed by atoms with Crippen molar-refractivity contribution in [3.8, 4) is 0 Å². The normalized spacial score (nSPS) is 12.1. The first kappa shape index (κ1) is 18.2. The van der Waals surface area contributed by atoms with E-state index < -0.39 is 20.0 Å². The summed E-state index contributed by atoms with van der Waals surface area (Å²) < 4.78 is 53.6. The minimum Gasteiger partial charge on any atom is -0.280 e. The Bertz CT molecular complexity index is 1150. The molecule has 0 aliphatic carbocycles. The highest BCUT2D eigenvalue weighted by Crippen LogP contribution is 2.21. The number of nitrogens with one attached hydrogen (secondary N) is 1. The lowest BCUT2D eigenvalue weighted by atomic mass is 10.1. The molecule has 1 N–H and O–H groups in total. The van der Waals surface area contributed by atoms with Gasteiger partial charge in [0.05, 0.1) is 4.90 Å². The van der Waals surface area contributed by atoms with Gasteiger partial charge in [0.1, 0.15) is 4.90 Å². The summed E-state index contributed by atoms with van der Waals surface area (Å²) in [7, 11) is -7.74. The minimum absolute atomic E-state index is 0.0849. The first-order chi connectivity index (χ1) is 12.2. The summed E-state index contributed by atoms with van der Waals surface area (Å²) in [5.74, 6) is 0. The highest BCUT2D eigenvalue weighted by atomic mass is 32.2. The van der Waals surface area contributed by atoms with Gasteiger partial charge >= 0.3 is 0 Å². The Morgan fingerprint density at radius 1 is 0.808 bits per heavy atom. The first-order valence-electron chi connectivity index (χ1n) is 7.79. The third-order valence-corrected chi connectivity index (χ3v) is 7.04. The van der Waals surface area contributed by atoms with Crippen LogP contribution < -0.4 is 4.72 Å². The topological polar surface area (TPSA) is 85.2 Å². The average molecular weight is 390 g/mol. The highest BCUT2D eigenvalue weighted by Gasteiger charge is 2.21. The number of anilines is 1. The molecule has 0 aliphatic rings. The lowest BCUT2D eigenvalue weighted by Gasteiger charge is -2.09. The monoisotopic (exact) mass is 390 g/mol. The molecule has 3 aromatic rings. The average Bonchev–Trinajstić information content (AvgIpc) is 3.11. The van der Waals surface area contributed by atoms with E-state index in [2.05, 4.69) is 4.72 Å². The number of hydrogen-bond donors (Lipinski definition) is 1. The third-order valence-electron chi connectivity index (χ3n) is 4.03. The predicted molar refractivity (Wildman–Crippen MR) is 100 cm³/mol. The lowest BCUT2D eigenvalue weighted by molar-refractivity contribution is 0.587. The Morgan fingerprint density at radius 3 is 2.15 bits per heavy atom. The molecule has 0 bridgehead atoms. The molecule has 0 amide bonds. The Hall–Kier alpha value is -2.58.